The van der Waals surface area contributed by atoms with Crippen molar-refractivity contribution in [3.05, 3.63) is 34.9 Å². The largest absolute Gasteiger partial charge is 0.316 e. The molecule has 2 atom stereocenters. The lowest BCUT2D eigenvalue weighted by molar-refractivity contribution is -0.132. The van der Waals surface area contributed by atoms with Crippen molar-refractivity contribution in [1.82, 2.24) is 10.2 Å². The molecule has 1 aromatic carbocycles. The highest BCUT2D eigenvalue weighted by molar-refractivity contribution is 6.30. The summed E-state index contributed by atoms with van der Waals surface area (Å²) in [6.07, 6.45) is -0.536. The Kier molecular flexibility index (Phi) is 5.53. The second-order valence-electron chi connectivity index (χ2n) is 5.20. The highest BCUT2D eigenvalue weighted by Crippen LogP contribution is 2.28. The van der Waals surface area contributed by atoms with Crippen LogP contribution < -0.4 is 5.32 Å². The summed E-state index contributed by atoms with van der Waals surface area (Å²) in [5.74, 6) is -0.247. The zero-order valence-electron chi connectivity index (χ0n) is 11.9. The number of carbonyl (C=O) groups excluding carboxylic acids is 1. The van der Waals surface area contributed by atoms with E-state index in [2.05, 4.69) is 5.32 Å². The SMILES string of the molecule is CCCCC1NC(c2ccc(Cl)cc2)N(CC(F)F)C1=O. The molecule has 21 heavy (non-hydrogen) atoms. The number of alkyl halides is 2. The number of amides is 1. The molecule has 116 valence electrons. The number of nitrogens with one attached hydrogen (secondary N) is 1. The van der Waals surface area contributed by atoms with E-state index < -0.39 is 19.1 Å². The average molecular weight is 317 g/mol. The topological polar surface area (TPSA) is 32.3 Å². The number of hydrogen-bond acceptors (Lipinski definition) is 2. The highest BCUT2D eigenvalue weighted by atomic mass is 35.5. The molecule has 0 spiro atoms. The van der Waals surface area contributed by atoms with Crippen molar-refractivity contribution in [2.45, 2.75) is 44.8 Å². The highest BCUT2D eigenvalue weighted by Gasteiger charge is 2.40. The molecule has 6 heteroatoms. The van der Waals surface area contributed by atoms with Crippen LogP contribution in [0.15, 0.2) is 24.3 Å². The van der Waals surface area contributed by atoms with Crippen LogP contribution in [0.2, 0.25) is 5.02 Å². The molecule has 0 aliphatic carbocycles. The Hall–Kier alpha value is -1.20. The molecule has 1 aliphatic rings. The van der Waals surface area contributed by atoms with E-state index in [1.807, 2.05) is 6.92 Å². The molecule has 0 radical (unpaired) electrons. The zero-order valence-corrected chi connectivity index (χ0v) is 12.6. The molecular weight excluding hydrogens is 298 g/mol. The van der Waals surface area contributed by atoms with Gasteiger partial charge in [-0.2, -0.15) is 0 Å². The van der Waals surface area contributed by atoms with Gasteiger partial charge >= 0.3 is 0 Å². The van der Waals surface area contributed by atoms with Gasteiger partial charge in [0.05, 0.1) is 12.6 Å². The van der Waals surface area contributed by atoms with Gasteiger partial charge in [0.2, 0.25) is 5.91 Å². The summed E-state index contributed by atoms with van der Waals surface area (Å²) in [4.78, 5) is 13.5. The maximum absolute atomic E-state index is 12.7. The smallest absolute Gasteiger partial charge is 0.255 e. The Morgan fingerprint density at radius 3 is 2.57 bits per heavy atom. The van der Waals surface area contributed by atoms with Crippen molar-refractivity contribution in [3.8, 4) is 0 Å². The Labute approximate surface area is 128 Å². The second kappa shape index (κ2) is 7.18. The van der Waals surface area contributed by atoms with E-state index in [4.69, 9.17) is 11.6 Å². The predicted molar refractivity (Wildman–Crippen MR) is 78.4 cm³/mol. The average Bonchev–Trinajstić information content (AvgIpc) is 2.74. The Morgan fingerprint density at radius 2 is 2.00 bits per heavy atom. The van der Waals surface area contributed by atoms with Crippen molar-refractivity contribution >= 4 is 17.5 Å². The summed E-state index contributed by atoms with van der Waals surface area (Å²) >= 11 is 5.84. The van der Waals surface area contributed by atoms with Crippen LogP contribution in [0.5, 0.6) is 0 Å². The number of carbonyl (C=O) groups is 1. The summed E-state index contributed by atoms with van der Waals surface area (Å²) in [5.41, 5.74) is 0.771. The molecule has 0 aromatic heterocycles. The molecule has 1 aliphatic heterocycles. The number of nitrogens with zero attached hydrogens (tertiary/aromatic N) is 1. The summed E-state index contributed by atoms with van der Waals surface area (Å²) in [5, 5.41) is 3.74. The summed E-state index contributed by atoms with van der Waals surface area (Å²) in [6, 6.07) is 6.53. The van der Waals surface area contributed by atoms with Gasteiger partial charge in [-0.3, -0.25) is 10.1 Å². The van der Waals surface area contributed by atoms with Gasteiger partial charge in [0, 0.05) is 5.02 Å². The molecule has 1 amide bonds. The van der Waals surface area contributed by atoms with E-state index in [0.29, 0.717) is 11.4 Å². The summed E-state index contributed by atoms with van der Waals surface area (Å²) < 4.78 is 25.5. The number of benzene rings is 1. The molecule has 2 unspecified atom stereocenters. The standard InChI is InChI=1S/C15H19ClF2N2O/c1-2-3-4-12-15(21)20(9-13(17)18)14(19-12)10-5-7-11(16)8-6-10/h5-8,12-14,19H,2-4,9H2,1H3. The van der Waals surface area contributed by atoms with E-state index in [0.717, 1.165) is 18.4 Å². The molecule has 1 fully saturated rings. The van der Waals surface area contributed by atoms with Gasteiger partial charge in [-0.05, 0) is 24.1 Å². The quantitative estimate of drug-likeness (QED) is 0.870. The van der Waals surface area contributed by atoms with Crippen molar-refractivity contribution in [2.75, 3.05) is 6.54 Å². The minimum atomic E-state index is -2.55. The fraction of sp³-hybridized carbons (Fsp3) is 0.533. The van der Waals surface area contributed by atoms with Crippen LogP contribution in [0.3, 0.4) is 0 Å². The second-order valence-corrected chi connectivity index (χ2v) is 5.63. The minimum Gasteiger partial charge on any atom is -0.316 e. The first-order valence-electron chi connectivity index (χ1n) is 7.13. The molecular formula is C15H19ClF2N2O. The van der Waals surface area contributed by atoms with E-state index in [1.54, 1.807) is 24.3 Å². The number of unbranched alkanes of at least 4 members (excludes halogenated alkanes) is 1. The normalized spacial score (nSPS) is 22.3. The van der Waals surface area contributed by atoms with Gasteiger partial charge in [-0.15, -0.1) is 0 Å². The number of halogens is 3. The van der Waals surface area contributed by atoms with E-state index in [-0.39, 0.29) is 11.9 Å². The predicted octanol–water partition coefficient (Wildman–Crippen LogP) is 3.59. The number of hydrogen-bond donors (Lipinski definition) is 1. The maximum Gasteiger partial charge on any atom is 0.255 e. The first-order valence-corrected chi connectivity index (χ1v) is 7.51. The Morgan fingerprint density at radius 1 is 1.33 bits per heavy atom. The first-order chi connectivity index (χ1) is 10.0. The van der Waals surface area contributed by atoms with Crippen molar-refractivity contribution in [1.29, 1.82) is 0 Å². The van der Waals surface area contributed by atoms with Crippen LogP contribution in [0.25, 0.3) is 0 Å². The van der Waals surface area contributed by atoms with E-state index in [9.17, 15) is 13.6 Å². The molecule has 3 nitrogen and oxygen atoms in total. The van der Waals surface area contributed by atoms with Crippen LogP contribution in [-0.2, 0) is 4.79 Å². The minimum absolute atomic E-state index is 0.247. The fourth-order valence-corrected chi connectivity index (χ4v) is 2.69. The monoisotopic (exact) mass is 316 g/mol. The molecule has 1 aromatic rings. The van der Waals surface area contributed by atoms with Crippen LogP contribution in [0.1, 0.15) is 37.9 Å². The van der Waals surface area contributed by atoms with Crippen molar-refractivity contribution in [2.24, 2.45) is 0 Å². The van der Waals surface area contributed by atoms with Crippen LogP contribution in [-0.4, -0.2) is 29.8 Å². The van der Waals surface area contributed by atoms with Crippen LogP contribution in [0, 0.1) is 0 Å². The molecule has 0 bridgehead atoms. The lowest BCUT2D eigenvalue weighted by Crippen LogP contribution is -2.35. The van der Waals surface area contributed by atoms with Gasteiger partial charge in [0.15, 0.2) is 0 Å². The van der Waals surface area contributed by atoms with Gasteiger partial charge in [0.1, 0.15) is 6.17 Å². The third-order valence-electron chi connectivity index (χ3n) is 3.62. The van der Waals surface area contributed by atoms with Gasteiger partial charge < -0.3 is 4.90 Å². The molecule has 2 rings (SSSR count). The van der Waals surface area contributed by atoms with E-state index in [1.165, 1.54) is 4.90 Å². The zero-order chi connectivity index (χ0) is 15.4. The molecule has 1 heterocycles. The maximum atomic E-state index is 12.7. The molecule has 1 saturated heterocycles. The van der Waals surface area contributed by atoms with Crippen molar-refractivity contribution < 1.29 is 13.6 Å². The van der Waals surface area contributed by atoms with Crippen molar-refractivity contribution in [3.63, 3.8) is 0 Å². The van der Waals surface area contributed by atoms with Gasteiger partial charge in [-0.25, -0.2) is 8.78 Å². The first kappa shape index (κ1) is 16.2. The lowest BCUT2D eigenvalue weighted by atomic mass is 10.1. The lowest BCUT2D eigenvalue weighted by Gasteiger charge is -2.24. The fourth-order valence-electron chi connectivity index (χ4n) is 2.56. The molecule has 1 N–H and O–H groups in total. The Bertz CT molecular complexity index is 481. The van der Waals surface area contributed by atoms with Gasteiger partial charge in [-0.1, -0.05) is 43.5 Å². The van der Waals surface area contributed by atoms with Crippen LogP contribution >= 0.6 is 11.6 Å². The van der Waals surface area contributed by atoms with Crippen LogP contribution in [0.4, 0.5) is 8.78 Å². The van der Waals surface area contributed by atoms with E-state index >= 15 is 0 Å². The third-order valence-corrected chi connectivity index (χ3v) is 3.87. The number of rotatable bonds is 6. The summed E-state index contributed by atoms with van der Waals surface area (Å²) in [6.45, 7) is 1.48. The molecule has 0 saturated carbocycles. The van der Waals surface area contributed by atoms with Gasteiger partial charge in [0.25, 0.3) is 6.43 Å². The third kappa shape index (κ3) is 3.92. The summed E-state index contributed by atoms with van der Waals surface area (Å²) in [7, 11) is 0. The Balaban J connectivity index is 2.19.